The second-order valence-corrected chi connectivity index (χ2v) is 6.16. The molecular formula is C14H20ClN3S. The summed E-state index contributed by atoms with van der Waals surface area (Å²) in [6, 6.07) is 8.58. The number of halogens is 1. The fraction of sp³-hybridized carbons (Fsp3) is 0.357. The molecule has 0 unspecified atom stereocenters. The molecule has 1 aromatic heterocycles. The molecule has 5 heteroatoms. The van der Waals surface area contributed by atoms with Gasteiger partial charge in [0, 0.05) is 23.2 Å². The first-order valence-corrected chi connectivity index (χ1v) is 6.81. The minimum absolute atomic E-state index is 0. The van der Waals surface area contributed by atoms with E-state index in [1.165, 1.54) is 22.5 Å². The van der Waals surface area contributed by atoms with Gasteiger partial charge in [0.1, 0.15) is 0 Å². The fourth-order valence-corrected chi connectivity index (χ4v) is 2.47. The molecule has 0 aliphatic rings. The maximum absolute atomic E-state index is 5.63. The Morgan fingerprint density at radius 1 is 1.37 bits per heavy atom. The van der Waals surface area contributed by atoms with Gasteiger partial charge in [-0.15, -0.1) is 23.7 Å². The number of benzene rings is 1. The van der Waals surface area contributed by atoms with E-state index in [-0.39, 0.29) is 17.9 Å². The maximum atomic E-state index is 5.63. The average Bonchev–Trinajstić information content (AvgIpc) is 2.73. The lowest BCUT2D eigenvalue weighted by Gasteiger charge is -2.27. The molecule has 1 aromatic carbocycles. The van der Waals surface area contributed by atoms with Crippen LogP contribution < -0.4 is 11.1 Å². The summed E-state index contributed by atoms with van der Waals surface area (Å²) < 4.78 is 0. The van der Waals surface area contributed by atoms with Gasteiger partial charge in [-0.2, -0.15) is 0 Å². The number of nitrogens with zero attached hydrogens (tertiary/aromatic N) is 1. The Hall–Kier alpha value is -1.10. The molecule has 2 rings (SSSR count). The van der Waals surface area contributed by atoms with Crippen molar-refractivity contribution in [3.8, 4) is 0 Å². The number of hydrogen-bond acceptors (Lipinski definition) is 4. The van der Waals surface area contributed by atoms with E-state index in [2.05, 4.69) is 55.3 Å². The van der Waals surface area contributed by atoms with Crippen LogP contribution >= 0.6 is 23.7 Å². The first-order valence-electron chi connectivity index (χ1n) is 6.00. The summed E-state index contributed by atoms with van der Waals surface area (Å²) in [5, 5.41) is 4.17. The summed E-state index contributed by atoms with van der Waals surface area (Å²) in [7, 11) is 0. The van der Waals surface area contributed by atoms with Gasteiger partial charge >= 0.3 is 0 Å². The highest BCUT2D eigenvalue weighted by atomic mass is 35.5. The van der Waals surface area contributed by atoms with Gasteiger partial charge in [-0.05, 0) is 26.3 Å². The van der Waals surface area contributed by atoms with Crippen LogP contribution in [0.25, 0.3) is 0 Å². The van der Waals surface area contributed by atoms with Crippen molar-refractivity contribution in [3.05, 3.63) is 46.5 Å². The van der Waals surface area contributed by atoms with E-state index in [9.17, 15) is 0 Å². The molecule has 0 amide bonds. The van der Waals surface area contributed by atoms with Crippen molar-refractivity contribution in [1.29, 1.82) is 0 Å². The summed E-state index contributed by atoms with van der Waals surface area (Å²) in [5.41, 5.74) is 8.14. The third kappa shape index (κ3) is 4.20. The lowest BCUT2D eigenvalue weighted by atomic mass is 9.93. The molecule has 0 aliphatic carbocycles. The Labute approximate surface area is 124 Å². The van der Waals surface area contributed by atoms with Crippen molar-refractivity contribution in [2.45, 2.75) is 32.9 Å². The molecule has 0 atom stereocenters. The minimum Gasteiger partial charge on any atom is -0.375 e. The van der Waals surface area contributed by atoms with Crippen LogP contribution in [0.5, 0.6) is 0 Å². The van der Waals surface area contributed by atoms with E-state index >= 15 is 0 Å². The first kappa shape index (κ1) is 16.0. The summed E-state index contributed by atoms with van der Waals surface area (Å²) in [6.07, 6.45) is 1.83. The normalized spacial score (nSPS) is 11.1. The summed E-state index contributed by atoms with van der Waals surface area (Å²) in [6.45, 7) is 7.28. The highest BCUT2D eigenvalue weighted by molar-refractivity contribution is 7.15. The minimum atomic E-state index is -0.0647. The van der Waals surface area contributed by atoms with Gasteiger partial charge in [0.25, 0.3) is 0 Å². The molecule has 0 spiro atoms. The molecule has 0 fully saturated rings. The quantitative estimate of drug-likeness (QED) is 0.908. The zero-order valence-corrected chi connectivity index (χ0v) is 13.1. The Balaban J connectivity index is 0.00000180. The van der Waals surface area contributed by atoms with Gasteiger partial charge in [0.05, 0.1) is 0 Å². The molecule has 0 radical (unpaired) electrons. The lowest BCUT2D eigenvalue weighted by Crippen LogP contribution is -2.35. The molecule has 2 aromatic rings. The largest absolute Gasteiger partial charge is 0.375 e. The van der Waals surface area contributed by atoms with E-state index in [0.29, 0.717) is 5.13 Å². The molecular weight excluding hydrogens is 278 g/mol. The predicted octanol–water partition coefficient (Wildman–Crippen LogP) is 3.48. The van der Waals surface area contributed by atoms with Crippen LogP contribution in [0.15, 0.2) is 30.5 Å². The standard InChI is InChI=1S/C14H19N3S.ClH/c1-10-5-4-6-11(7-10)14(2,3)17-9-12-8-16-13(15)18-12;/h4-8,17H,9H2,1-3H3,(H2,15,16);1H. The van der Waals surface area contributed by atoms with Crippen LogP contribution in [-0.2, 0) is 12.1 Å². The average molecular weight is 298 g/mol. The predicted molar refractivity (Wildman–Crippen MR) is 84.8 cm³/mol. The highest BCUT2D eigenvalue weighted by Crippen LogP contribution is 2.22. The van der Waals surface area contributed by atoms with E-state index in [0.717, 1.165) is 11.4 Å². The number of nitrogen functional groups attached to an aromatic ring is 1. The van der Waals surface area contributed by atoms with Crippen LogP contribution in [0.2, 0.25) is 0 Å². The van der Waals surface area contributed by atoms with E-state index in [1.807, 2.05) is 6.20 Å². The Morgan fingerprint density at radius 2 is 2.11 bits per heavy atom. The zero-order chi connectivity index (χ0) is 13.2. The summed E-state index contributed by atoms with van der Waals surface area (Å²) in [4.78, 5) is 5.22. The number of nitrogens with two attached hydrogens (primary N) is 1. The number of hydrogen-bond donors (Lipinski definition) is 2. The number of nitrogens with one attached hydrogen (secondary N) is 1. The number of thiazole rings is 1. The second-order valence-electron chi connectivity index (χ2n) is 5.01. The molecule has 0 saturated heterocycles. The van der Waals surface area contributed by atoms with Gasteiger partial charge < -0.3 is 11.1 Å². The molecule has 0 aliphatic heterocycles. The lowest BCUT2D eigenvalue weighted by molar-refractivity contribution is 0.403. The van der Waals surface area contributed by atoms with Crippen LogP contribution in [0.1, 0.15) is 29.9 Å². The first-order chi connectivity index (χ1) is 8.47. The van der Waals surface area contributed by atoms with E-state index in [4.69, 9.17) is 5.73 Å². The van der Waals surface area contributed by atoms with Crippen molar-refractivity contribution in [3.63, 3.8) is 0 Å². The van der Waals surface area contributed by atoms with Crippen LogP contribution in [0, 0.1) is 6.92 Å². The maximum Gasteiger partial charge on any atom is 0.180 e. The topological polar surface area (TPSA) is 50.9 Å². The van der Waals surface area contributed by atoms with Crippen LogP contribution in [0.3, 0.4) is 0 Å². The third-order valence-electron chi connectivity index (χ3n) is 3.02. The third-order valence-corrected chi connectivity index (χ3v) is 3.84. The molecule has 3 N–H and O–H groups in total. The van der Waals surface area contributed by atoms with E-state index in [1.54, 1.807) is 0 Å². The zero-order valence-electron chi connectivity index (χ0n) is 11.4. The van der Waals surface area contributed by atoms with E-state index < -0.39 is 0 Å². The van der Waals surface area contributed by atoms with Gasteiger partial charge in [-0.25, -0.2) is 4.98 Å². The number of aryl methyl sites for hydroxylation is 1. The number of rotatable bonds is 4. The molecule has 104 valence electrons. The van der Waals surface area contributed by atoms with Crippen LogP contribution in [0.4, 0.5) is 5.13 Å². The molecule has 0 saturated carbocycles. The smallest absolute Gasteiger partial charge is 0.180 e. The van der Waals surface area contributed by atoms with Crippen molar-refractivity contribution in [1.82, 2.24) is 10.3 Å². The number of aromatic nitrogens is 1. The van der Waals surface area contributed by atoms with Crippen LogP contribution in [-0.4, -0.2) is 4.98 Å². The highest BCUT2D eigenvalue weighted by Gasteiger charge is 2.19. The van der Waals surface area contributed by atoms with Gasteiger partial charge in [-0.3, -0.25) is 0 Å². The summed E-state index contributed by atoms with van der Waals surface area (Å²) in [5.74, 6) is 0. The van der Waals surface area contributed by atoms with Crippen molar-refractivity contribution < 1.29 is 0 Å². The molecule has 3 nitrogen and oxygen atoms in total. The van der Waals surface area contributed by atoms with Crippen molar-refractivity contribution in [2.75, 3.05) is 5.73 Å². The second kappa shape index (κ2) is 6.37. The van der Waals surface area contributed by atoms with Gasteiger partial charge in [0.15, 0.2) is 5.13 Å². The fourth-order valence-electron chi connectivity index (χ4n) is 1.85. The van der Waals surface area contributed by atoms with Gasteiger partial charge in [-0.1, -0.05) is 29.8 Å². The van der Waals surface area contributed by atoms with Crippen molar-refractivity contribution in [2.24, 2.45) is 0 Å². The molecule has 1 heterocycles. The Morgan fingerprint density at radius 3 is 2.68 bits per heavy atom. The number of anilines is 1. The van der Waals surface area contributed by atoms with Gasteiger partial charge in [0.2, 0.25) is 0 Å². The Bertz CT molecular complexity index is 537. The SMILES string of the molecule is Cc1cccc(C(C)(C)NCc2cnc(N)s2)c1.Cl. The Kier molecular flexibility index (Phi) is 5.35. The monoisotopic (exact) mass is 297 g/mol. The molecule has 19 heavy (non-hydrogen) atoms. The summed E-state index contributed by atoms with van der Waals surface area (Å²) >= 11 is 1.53. The molecule has 0 bridgehead atoms. The van der Waals surface area contributed by atoms with Crippen molar-refractivity contribution >= 4 is 28.9 Å².